The maximum Gasteiger partial charge on any atom is 0.425 e. The lowest BCUT2D eigenvalue weighted by Crippen LogP contribution is -2.02. The van der Waals surface area contributed by atoms with Crippen molar-refractivity contribution in [3.05, 3.63) is 30.1 Å². The lowest BCUT2D eigenvalue weighted by Gasteiger charge is -1.92. The molecule has 0 spiro atoms. The SMILES string of the molecule is O=[C]OC(=O)c1ccncc1. The predicted molar refractivity (Wildman–Crippen MR) is 35.3 cm³/mol. The van der Waals surface area contributed by atoms with Crippen LogP contribution in [0.3, 0.4) is 0 Å². The maximum atomic E-state index is 10.7. The Morgan fingerprint density at radius 1 is 1.45 bits per heavy atom. The number of nitrogens with zero attached hydrogens (tertiary/aromatic N) is 1. The molecule has 0 aliphatic carbocycles. The van der Waals surface area contributed by atoms with Crippen LogP contribution in [-0.4, -0.2) is 17.4 Å². The van der Waals surface area contributed by atoms with Crippen LogP contribution in [0, 0.1) is 0 Å². The highest BCUT2D eigenvalue weighted by atomic mass is 16.6. The second-order valence-corrected chi connectivity index (χ2v) is 1.71. The zero-order valence-corrected chi connectivity index (χ0v) is 5.48. The smallest absolute Gasteiger partial charge is 0.381 e. The second kappa shape index (κ2) is 3.46. The predicted octanol–water partition coefficient (Wildman–Crippen LogP) is 0.306. The molecule has 0 atom stereocenters. The van der Waals surface area contributed by atoms with Gasteiger partial charge in [-0.25, -0.2) is 9.59 Å². The third-order valence-corrected chi connectivity index (χ3v) is 1.05. The van der Waals surface area contributed by atoms with Crippen molar-refractivity contribution in [2.75, 3.05) is 0 Å². The van der Waals surface area contributed by atoms with Crippen molar-refractivity contribution in [3.8, 4) is 0 Å². The van der Waals surface area contributed by atoms with Crippen molar-refractivity contribution in [1.29, 1.82) is 0 Å². The van der Waals surface area contributed by atoms with Gasteiger partial charge in [-0.2, -0.15) is 0 Å². The first-order valence-corrected chi connectivity index (χ1v) is 2.83. The number of ether oxygens (including phenoxy) is 1. The van der Waals surface area contributed by atoms with Crippen molar-refractivity contribution in [2.45, 2.75) is 0 Å². The van der Waals surface area contributed by atoms with E-state index in [-0.39, 0.29) is 5.56 Å². The Bertz CT molecular complexity index is 258. The van der Waals surface area contributed by atoms with Gasteiger partial charge in [0.05, 0.1) is 5.56 Å². The van der Waals surface area contributed by atoms with Crippen molar-refractivity contribution in [1.82, 2.24) is 4.98 Å². The number of carbonyl (C=O) groups excluding carboxylic acids is 2. The first-order valence-electron chi connectivity index (χ1n) is 2.83. The molecule has 0 saturated heterocycles. The molecule has 1 radical (unpaired) electrons. The molecule has 1 heterocycles. The van der Waals surface area contributed by atoms with Crippen molar-refractivity contribution < 1.29 is 14.3 Å². The molecule has 0 N–H and O–H groups in total. The van der Waals surface area contributed by atoms with Crippen LogP contribution in [0.1, 0.15) is 10.4 Å². The molecule has 0 unspecified atom stereocenters. The Kier molecular flexibility index (Phi) is 2.32. The summed E-state index contributed by atoms with van der Waals surface area (Å²) in [5.41, 5.74) is 0.281. The summed E-state index contributed by atoms with van der Waals surface area (Å²) >= 11 is 0. The molecule has 0 saturated carbocycles. The summed E-state index contributed by atoms with van der Waals surface area (Å²) < 4.78 is 3.96. The molecule has 0 aliphatic heterocycles. The molecule has 4 nitrogen and oxygen atoms in total. The van der Waals surface area contributed by atoms with Crippen molar-refractivity contribution >= 4 is 12.4 Å². The van der Waals surface area contributed by atoms with Crippen molar-refractivity contribution in [3.63, 3.8) is 0 Å². The minimum Gasteiger partial charge on any atom is -0.381 e. The molecule has 55 valence electrons. The Labute approximate surface area is 62.8 Å². The summed E-state index contributed by atoms with van der Waals surface area (Å²) in [6, 6.07) is 2.89. The van der Waals surface area contributed by atoms with Crippen LogP contribution in [-0.2, 0) is 9.53 Å². The summed E-state index contributed by atoms with van der Waals surface area (Å²) in [6.45, 7) is 1.05. The van der Waals surface area contributed by atoms with E-state index in [1.54, 1.807) is 0 Å². The highest BCUT2D eigenvalue weighted by Crippen LogP contribution is 1.97. The summed E-state index contributed by atoms with van der Waals surface area (Å²) in [7, 11) is 0. The van der Waals surface area contributed by atoms with Crippen LogP contribution in [0.5, 0.6) is 0 Å². The number of carbonyl (C=O) groups is 1. The molecule has 0 aromatic carbocycles. The Balaban J connectivity index is 2.77. The molecule has 1 aromatic rings. The van der Waals surface area contributed by atoms with Gasteiger partial charge in [0.15, 0.2) is 0 Å². The number of rotatable bonds is 2. The van der Waals surface area contributed by atoms with E-state index in [1.807, 2.05) is 0 Å². The Hall–Kier alpha value is -1.71. The molecule has 11 heavy (non-hydrogen) atoms. The summed E-state index contributed by atoms with van der Waals surface area (Å²) in [5, 5.41) is 0. The molecule has 0 bridgehead atoms. The van der Waals surface area contributed by atoms with Gasteiger partial charge >= 0.3 is 12.4 Å². The molecule has 1 rings (SSSR count). The minimum atomic E-state index is -0.720. The van der Waals surface area contributed by atoms with Gasteiger partial charge in [-0.3, -0.25) is 4.98 Å². The molecule has 1 aromatic heterocycles. The zero-order chi connectivity index (χ0) is 8.10. The van der Waals surface area contributed by atoms with Crippen LogP contribution in [0.15, 0.2) is 24.5 Å². The topological polar surface area (TPSA) is 56.3 Å². The van der Waals surface area contributed by atoms with Crippen LogP contribution >= 0.6 is 0 Å². The van der Waals surface area contributed by atoms with Gasteiger partial charge in [0.1, 0.15) is 0 Å². The van der Waals surface area contributed by atoms with E-state index < -0.39 is 5.97 Å². The van der Waals surface area contributed by atoms with Gasteiger partial charge in [-0.15, -0.1) is 0 Å². The number of pyridine rings is 1. The fourth-order valence-corrected chi connectivity index (χ4v) is 0.585. The van der Waals surface area contributed by atoms with E-state index in [0.29, 0.717) is 0 Å². The number of aromatic nitrogens is 1. The van der Waals surface area contributed by atoms with Gasteiger partial charge in [-0.05, 0) is 12.1 Å². The highest BCUT2D eigenvalue weighted by molar-refractivity contribution is 5.92. The average Bonchev–Trinajstić information content (AvgIpc) is 2.07. The summed E-state index contributed by atoms with van der Waals surface area (Å²) in [5.74, 6) is -0.720. The second-order valence-electron chi connectivity index (χ2n) is 1.71. The quantitative estimate of drug-likeness (QED) is 0.449. The first kappa shape index (κ1) is 7.40. The van der Waals surface area contributed by atoms with Gasteiger partial charge < -0.3 is 4.74 Å². The molecule has 0 fully saturated rings. The van der Waals surface area contributed by atoms with Crippen LogP contribution < -0.4 is 0 Å². The van der Waals surface area contributed by atoms with E-state index in [1.165, 1.54) is 24.5 Å². The van der Waals surface area contributed by atoms with Crippen LogP contribution in [0.2, 0.25) is 0 Å². The zero-order valence-electron chi connectivity index (χ0n) is 5.48. The third-order valence-electron chi connectivity index (χ3n) is 1.05. The monoisotopic (exact) mass is 150 g/mol. The molecular weight excluding hydrogens is 146 g/mol. The average molecular weight is 150 g/mol. The molecular formula is C7H4NO3. The van der Waals surface area contributed by atoms with Crippen molar-refractivity contribution in [2.24, 2.45) is 0 Å². The van der Waals surface area contributed by atoms with Crippen LogP contribution in [0.25, 0.3) is 0 Å². The number of hydrogen-bond donors (Lipinski definition) is 0. The fraction of sp³-hybridized carbons (Fsp3) is 0. The van der Waals surface area contributed by atoms with Gasteiger partial charge in [-0.1, -0.05) is 0 Å². The minimum absolute atomic E-state index is 0.281. The lowest BCUT2D eigenvalue weighted by molar-refractivity contribution is 0.0710. The van der Waals surface area contributed by atoms with Gasteiger partial charge in [0.2, 0.25) is 0 Å². The van der Waals surface area contributed by atoms with E-state index in [4.69, 9.17) is 0 Å². The summed E-state index contributed by atoms with van der Waals surface area (Å²) in [4.78, 5) is 24.0. The lowest BCUT2D eigenvalue weighted by atomic mass is 10.3. The van der Waals surface area contributed by atoms with E-state index in [9.17, 15) is 9.59 Å². The standard InChI is InChI=1S/C7H4NO3/c9-5-11-7(10)6-1-3-8-4-2-6/h1-4H. The molecule has 0 amide bonds. The first-order chi connectivity index (χ1) is 5.34. The van der Waals surface area contributed by atoms with E-state index >= 15 is 0 Å². The highest BCUT2D eigenvalue weighted by Gasteiger charge is 2.04. The molecule has 0 aliphatic rings. The molecule has 4 heteroatoms. The summed E-state index contributed by atoms with van der Waals surface area (Å²) in [6.07, 6.45) is 2.86. The Morgan fingerprint density at radius 3 is 2.64 bits per heavy atom. The van der Waals surface area contributed by atoms with Gasteiger partial charge in [0.25, 0.3) is 0 Å². The third kappa shape index (κ3) is 1.86. The number of hydrogen-bond acceptors (Lipinski definition) is 4. The van der Waals surface area contributed by atoms with Crippen LogP contribution in [0.4, 0.5) is 0 Å². The normalized spacial score (nSPS) is 8.73. The maximum absolute atomic E-state index is 10.7. The van der Waals surface area contributed by atoms with E-state index in [0.717, 1.165) is 6.47 Å². The van der Waals surface area contributed by atoms with E-state index in [2.05, 4.69) is 9.72 Å². The largest absolute Gasteiger partial charge is 0.425 e. The number of esters is 1. The van der Waals surface area contributed by atoms with Gasteiger partial charge in [0, 0.05) is 12.4 Å². The Morgan fingerprint density at radius 2 is 2.09 bits per heavy atom. The fourth-order valence-electron chi connectivity index (χ4n) is 0.585.